The number of nitrogens with zero attached hydrogens (tertiary/aromatic N) is 5. The van der Waals surface area contributed by atoms with Gasteiger partial charge in [-0.1, -0.05) is 6.07 Å². The van der Waals surface area contributed by atoms with Gasteiger partial charge in [-0.3, -0.25) is 0 Å². The summed E-state index contributed by atoms with van der Waals surface area (Å²) in [7, 11) is 0. The Bertz CT molecular complexity index is 567. The molecule has 1 saturated heterocycles. The van der Waals surface area contributed by atoms with Crippen molar-refractivity contribution in [2.75, 3.05) is 18.0 Å². The molecule has 0 N–H and O–H groups in total. The monoisotopic (exact) mass is 269 g/mol. The molecular formula is C15H19N5. The summed E-state index contributed by atoms with van der Waals surface area (Å²) in [5.74, 6) is 2.85. The zero-order chi connectivity index (χ0) is 13.4. The minimum absolute atomic E-state index is 0.554. The molecule has 0 aromatic carbocycles. The van der Waals surface area contributed by atoms with E-state index in [9.17, 15) is 0 Å². The van der Waals surface area contributed by atoms with E-state index in [1.165, 1.54) is 18.7 Å². The lowest BCUT2D eigenvalue weighted by Gasteiger charge is -2.32. The van der Waals surface area contributed by atoms with Gasteiger partial charge in [0.25, 0.3) is 0 Å². The largest absolute Gasteiger partial charge is 0.357 e. The van der Waals surface area contributed by atoms with E-state index in [0.717, 1.165) is 31.7 Å². The van der Waals surface area contributed by atoms with Crippen LogP contribution < -0.4 is 4.90 Å². The molecule has 2 aliphatic rings. The lowest BCUT2D eigenvalue weighted by molar-refractivity contribution is 0.463. The van der Waals surface area contributed by atoms with Crippen molar-refractivity contribution >= 4 is 5.82 Å². The van der Waals surface area contributed by atoms with E-state index < -0.39 is 0 Å². The number of aromatic nitrogens is 4. The van der Waals surface area contributed by atoms with Gasteiger partial charge in [0.15, 0.2) is 0 Å². The van der Waals surface area contributed by atoms with Gasteiger partial charge in [0.1, 0.15) is 18.0 Å². The molecule has 0 spiro atoms. The molecule has 0 radical (unpaired) electrons. The predicted octanol–water partition coefficient (Wildman–Crippen LogP) is 2.39. The lowest BCUT2D eigenvalue weighted by atomic mass is 9.96. The topological polar surface area (TPSA) is 46.8 Å². The highest BCUT2D eigenvalue weighted by molar-refractivity contribution is 5.38. The second-order valence-corrected chi connectivity index (χ2v) is 5.78. The van der Waals surface area contributed by atoms with Crippen molar-refractivity contribution in [3.8, 4) is 0 Å². The van der Waals surface area contributed by atoms with E-state index in [1.807, 2.05) is 18.6 Å². The van der Waals surface area contributed by atoms with Crippen LogP contribution in [0.3, 0.4) is 0 Å². The molecule has 4 rings (SSSR count). The quantitative estimate of drug-likeness (QED) is 0.858. The molecule has 3 heterocycles. The van der Waals surface area contributed by atoms with Crippen LogP contribution >= 0.6 is 0 Å². The Morgan fingerprint density at radius 2 is 1.90 bits per heavy atom. The van der Waals surface area contributed by atoms with Crippen molar-refractivity contribution in [1.82, 2.24) is 19.7 Å². The molecule has 2 fully saturated rings. The molecule has 0 unspecified atom stereocenters. The Labute approximate surface area is 118 Å². The van der Waals surface area contributed by atoms with E-state index >= 15 is 0 Å². The summed E-state index contributed by atoms with van der Waals surface area (Å²) in [6.07, 6.45) is 8.64. The van der Waals surface area contributed by atoms with Crippen molar-refractivity contribution in [2.45, 2.75) is 37.6 Å². The summed E-state index contributed by atoms with van der Waals surface area (Å²) in [5, 5.41) is 8.50. The summed E-state index contributed by atoms with van der Waals surface area (Å²) in [5.41, 5.74) is 0. The SMILES string of the molecule is c1ccc(N2CCC(c3nncn3C3CC3)CC2)nc1. The van der Waals surface area contributed by atoms with E-state index in [-0.39, 0.29) is 0 Å². The van der Waals surface area contributed by atoms with Crippen LogP contribution in [0, 0.1) is 0 Å². The molecule has 0 bridgehead atoms. The maximum Gasteiger partial charge on any atom is 0.136 e. The average molecular weight is 269 g/mol. The number of hydrogen-bond acceptors (Lipinski definition) is 4. The second kappa shape index (κ2) is 4.89. The maximum absolute atomic E-state index is 4.44. The molecular weight excluding hydrogens is 250 g/mol. The molecule has 104 valence electrons. The molecule has 2 aromatic rings. The summed E-state index contributed by atoms with van der Waals surface area (Å²) >= 11 is 0. The van der Waals surface area contributed by atoms with Crippen molar-refractivity contribution in [3.63, 3.8) is 0 Å². The molecule has 20 heavy (non-hydrogen) atoms. The number of piperidine rings is 1. The molecule has 1 saturated carbocycles. The summed E-state index contributed by atoms with van der Waals surface area (Å²) in [6.45, 7) is 2.11. The van der Waals surface area contributed by atoms with Crippen molar-refractivity contribution in [3.05, 3.63) is 36.5 Å². The smallest absolute Gasteiger partial charge is 0.136 e. The van der Waals surface area contributed by atoms with E-state index in [1.54, 1.807) is 0 Å². The third-order valence-corrected chi connectivity index (χ3v) is 4.37. The normalized spacial score (nSPS) is 20.3. The Balaban J connectivity index is 1.45. The Hall–Kier alpha value is -1.91. The van der Waals surface area contributed by atoms with Crippen LogP contribution in [-0.2, 0) is 0 Å². The van der Waals surface area contributed by atoms with E-state index in [0.29, 0.717) is 12.0 Å². The average Bonchev–Trinajstić information content (AvgIpc) is 3.25. The lowest BCUT2D eigenvalue weighted by Crippen LogP contribution is -2.34. The van der Waals surface area contributed by atoms with Crippen molar-refractivity contribution < 1.29 is 0 Å². The van der Waals surface area contributed by atoms with Crippen molar-refractivity contribution in [1.29, 1.82) is 0 Å². The third-order valence-electron chi connectivity index (χ3n) is 4.37. The van der Waals surface area contributed by atoms with Crippen LogP contribution in [0.15, 0.2) is 30.7 Å². The third kappa shape index (κ3) is 2.17. The van der Waals surface area contributed by atoms with Gasteiger partial charge in [0.2, 0.25) is 0 Å². The Kier molecular flexibility index (Phi) is 2.90. The van der Waals surface area contributed by atoms with Crippen LogP contribution in [0.25, 0.3) is 0 Å². The van der Waals surface area contributed by atoms with Crippen LogP contribution in [0.4, 0.5) is 5.82 Å². The first kappa shape index (κ1) is 11.9. The fourth-order valence-corrected chi connectivity index (χ4v) is 3.09. The first-order valence-electron chi connectivity index (χ1n) is 7.47. The Morgan fingerprint density at radius 3 is 2.60 bits per heavy atom. The maximum atomic E-state index is 4.44. The zero-order valence-corrected chi connectivity index (χ0v) is 11.5. The van der Waals surface area contributed by atoms with Crippen LogP contribution in [0.5, 0.6) is 0 Å². The van der Waals surface area contributed by atoms with Crippen LogP contribution in [0.1, 0.15) is 43.5 Å². The summed E-state index contributed by atoms with van der Waals surface area (Å²) in [4.78, 5) is 6.81. The van der Waals surface area contributed by atoms with Gasteiger partial charge in [-0.05, 0) is 37.8 Å². The van der Waals surface area contributed by atoms with Crippen LogP contribution in [0.2, 0.25) is 0 Å². The number of pyridine rings is 1. The van der Waals surface area contributed by atoms with E-state index in [2.05, 4.69) is 36.8 Å². The molecule has 5 heteroatoms. The molecule has 5 nitrogen and oxygen atoms in total. The number of rotatable bonds is 3. The van der Waals surface area contributed by atoms with E-state index in [4.69, 9.17) is 0 Å². The van der Waals surface area contributed by atoms with Crippen molar-refractivity contribution in [2.24, 2.45) is 0 Å². The first-order valence-corrected chi connectivity index (χ1v) is 7.47. The fraction of sp³-hybridized carbons (Fsp3) is 0.533. The first-order chi connectivity index (χ1) is 9.92. The summed E-state index contributed by atoms with van der Waals surface area (Å²) < 4.78 is 2.31. The standard InChI is InChI=1S/C15H19N5/c1-2-8-16-14(3-1)19-9-6-12(7-10-19)15-18-17-11-20(15)13-4-5-13/h1-3,8,11-13H,4-7,9-10H2. The van der Waals surface area contributed by atoms with Crippen LogP contribution in [-0.4, -0.2) is 32.8 Å². The van der Waals surface area contributed by atoms with Gasteiger partial charge < -0.3 is 9.47 Å². The zero-order valence-electron chi connectivity index (χ0n) is 11.5. The highest BCUT2D eigenvalue weighted by Crippen LogP contribution is 2.38. The number of hydrogen-bond donors (Lipinski definition) is 0. The second-order valence-electron chi connectivity index (χ2n) is 5.78. The van der Waals surface area contributed by atoms with Gasteiger partial charge in [-0.15, -0.1) is 10.2 Å². The minimum atomic E-state index is 0.554. The molecule has 1 aliphatic heterocycles. The van der Waals surface area contributed by atoms with Gasteiger partial charge in [-0.25, -0.2) is 4.98 Å². The van der Waals surface area contributed by atoms with Gasteiger partial charge in [0, 0.05) is 31.2 Å². The highest BCUT2D eigenvalue weighted by Gasteiger charge is 2.31. The van der Waals surface area contributed by atoms with Gasteiger partial charge in [-0.2, -0.15) is 0 Å². The molecule has 0 amide bonds. The minimum Gasteiger partial charge on any atom is -0.357 e. The fourth-order valence-electron chi connectivity index (χ4n) is 3.09. The van der Waals surface area contributed by atoms with Gasteiger partial charge in [0.05, 0.1) is 0 Å². The molecule has 0 atom stereocenters. The molecule has 1 aliphatic carbocycles. The Morgan fingerprint density at radius 1 is 1.05 bits per heavy atom. The number of anilines is 1. The summed E-state index contributed by atoms with van der Waals surface area (Å²) in [6, 6.07) is 6.79. The highest BCUT2D eigenvalue weighted by atomic mass is 15.3. The molecule has 2 aromatic heterocycles. The predicted molar refractivity (Wildman–Crippen MR) is 76.7 cm³/mol. The van der Waals surface area contributed by atoms with Gasteiger partial charge >= 0.3 is 0 Å².